The first-order valence-corrected chi connectivity index (χ1v) is 12.9. The van der Waals surface area contributed by atoms with Crippen molar-refractivity contribution in [3.8, 4) is 5.75 Å². The molecule has 32 heavy (non-hydrogen) atoms. The smallest absolute Gasteiger partial charge is 0.230 e. The van der Waals surface area contributed by atoms with Crippen molar-refractivity contribution in [1.29, 1.82) is 0 Å². The molecule has 3 aromatic rings. The Bertz CT molecular complexity index is 1040. The molecule has 0 spiro atoms. The summed E-state index contributed by atoms with van der Waals surface area (Å²) in [5, 5.41) is 4.79. The van der Waals surface area contributed by atoms with Crippen LogP contribution in [0.25, 0.3) is 10.2 Å². The molecule has 0 aliphatic carbocycles. The third-order valence-electron chi connectivity index (χ3n) is 5.25. The van der Waals surface area contributed by atoms with Gasteiger partial charge in [0, 0.05) is 49.2 Å². The molecule has 0 radical (unpaired) electrons. The van der Waals surface area contributed by atoms with Crippen LogP contribution in [0, 0.1) is 0 Å². The first-order valence-electron chi connectivity index (χ1n) is 10.8. The number of amides is 1. The maximum Gasteiger partial charge on any atom is 0.230 e. The molecule has 1 aliphatic rings. The second kappa shape index (κ2) is 11.2. The highest BCUT2D eigenvalue weighted by molar-refractivity contribution is 8.00. The summed E-state index contributed by atoms with van der Waals surface area (Å²) < 4.78 is 6.88. The van der Waals surface area contributed by atoms with Gasteiger partial charge in [-0.15, -0.1) is 11.8 Å². The number of halogens is 1. The van der Waals surface area contributed by atoms with Gasteiger partial charge < -0.3 is 15.0 Å². The molecular formula is C23H27ClN4O2S2. The Kier molecular flexibility index (Phi) is 8.13. The minimum Gasteiger partial charge on any atom is -0.492 e. The van der Waals surface area contributed by atoms with Crippen LogP contribution in [0.5, 0.6) is 5.75 Å². The molecule has 170 valence electrons. The molecule has 0 saturated carbocycles. The van der Waals surface area contributed by atoms with Gasteiger partial charge in [-0.05, 0) is 43.3 Å². The summed E-state index contributed by atoms with van der Waals surface area (Å²) in [7, 11) is 0. The summed E-state index contributed by atoms with van der Waals surface area (Å²) >= 11 is 9.13. The number of carbonyl (C=O) groups excluding carboxylic acids is 1. The molecule has 0 unspecified atom stereocenters. The van der Waals surface area contributed by atoms with Crippen LogP contribution < -0.4 is 15.0 Å². The predicted molar refractivity (Wildman–Crippen MR) is 135 cm³/mol. The van der Waals surface area contributed by atoms with Gasteiger partial charge in [0.15, 0.2) is 5.13 Å². The number of fused-ring (bicyclic) bond motifs is 1. The Labute approximate surface area is 201 Å². The van der Waals surface area contributed by atoms with Gasteiger partial charge in [-0.1, -0.05) is 29.0 Å². The number of ether oxygens (including phenoxy) is 1. The molecular weight excluding hydrogens is 464 g/mol. The summed E-state index contributed by atoms with van der Waals surface area (Å²) in [5.74, 6) is 1.33. The third kappa shape index (κ3) is 6.07. The summed E-state index contributed by atoms with van der Waals surface area (Å²) in [6.45, 7) is 7.95. The highest BCUT2D eigenvalue weighted by Gasteiger charge is 2.20. The average molecular weight is 491 g/mol. The molecule has 0 bridgehead atoms. The van der Waals surface area contributed by atoms with E-state index < -0.39 is 0 Å². The third-order valence-corrected chi connectivity index (χ3v) is 7.59. The van der Waals surface area contributed by atoms with Gasteiger partial charge in [-0.2, -0.15) is 0 Å². The van der Waals surface area contributed by atoms with E-state index in [4.69, 9.17) is 21.3 Å². The lowest BCUT2D eigenvalue weighted by Gasteiger charge is -2.34. The summed E-state index contributed by atoms with van der Waals surface area (Å²) in [5.41, 5.74) is 0.955. The Morgan fingerprint density at radius 2 is 1.97 bits per heavy atom. The zero-order valence-corrected chi connectivity index (χ0v) is 20.4. The van der Waals surface area contributed by atoms with Gasteiger partial charge >= 0.3 is 0 Å². The lowest BCUT2D eigenvalue weighted by molar-refractivity contribution is -0.118. The van der Waals surface area contributed by atoms with Crippen LogP contribution in [-0.4, -0.2) is 67.4 Å². The quantitative estimate of drug-likeness (QED) is 0.449. The van der Waals surface area contributed by atoms with E-state index in [1.54, 1.807) is 11.3 Å². The van der Waals surface area contributed by atoms with Crippen molar-refractivity contribution in [3.05, 3.63) is 47.5 Å². The van der Waals surface area contributed by atoms with E-state index in [2.05, 4.69) is 21.2 Å². The number of aromatic nitrogens is 1. The zero-order valence-electron chi connectivity index (χ0n) is 18.1. The normalized spacial score (nSPS) is 14.6. The average Bonchev–Trinajstić information content (AvgIpc) is 3.25. The van der Waals surface area contributed by atoms with Gasteiger partial charge in [0.25, 0.3) is 0 Å². The fourth-order valence-electron chi connectivity index (χ4n) is 3.57. The Balaban J connectivity index is 1.19. The van der Waals surface area contributed by atoms with Crippen LogP contribution >= 0.6 is 34.7 Å². The van der Waals surface area contributed by atoms with Crippen molar-refractivity contribution < 1.29 is 9.53 Å². The highest BCUT2D eigenvalue weighted by atomic mass is 35.5. The van der Waals surface area contributed by atoms with E-state index in [9.17, 15) is 4.79 Å². The van der Waals surface area contributed by atoms with Crippen LogP contribution in [0.1, 0.15) is 6.92 Å². The molecule has 9 heteroatoms. The number of rotatable bonds is 9. The maximum absolute atomic E-state index is 12.1. The van der Waals surface area contributed by atoms with E-state index in [-0.39, 0.29) is 5.91 Å². The SMILES string of the molecule is CCOc1cccc2sc(N3CCN(CCNC(=O)CSc4ccc(Cl)cc4)CC3)nc12. The van der Waals surface area contributed by atoms with Crippen LogP contribution in [0.3, 0.4) is 0 Å². The Morgan fingerprint density at radius 3 is 2.72 bits per heavy atom. The molecule has 4 rings (SSSR count). The fourth-order valence-corrected chi connectivity index (χ4v) is 5.45. The number of piperazine rings is 1. The summed E-state index contributed by atoms with van der Waals surface area (Å²) in [6, 6.07) is 13.7. The monoisotopic (exact) mass is 490 g/mol. The predicted octanol–water partition coefficient (Wildman–Crippen LogP) is 4.38. The van der Waals surface area contributed by atoms with E-state index in [1.807, 2.05) is 43.3 Å². The number of benzene rings is 2. The number of anilines is 1. The van der Waals surface area contributed by atoms with Gasteiger partial charge in [0.2, 0.25) is 5.91 Å². The Hall–Kier alpha value is -2.00. The molecule has 6 nitrogen and oxygen atoms in total. The standard InChI is InChI=1S/C23H27ClN4O2S2/c1-2-30-19-4-3-5-20-22(19)26-23(32-20)28-14-12-27(13-15-28)11-10-25-21(29)16-31-18-8-6-17(24)7-9-18/h3-9H,2,10-16H2,1H3,(H,25,29). The lowest BCUT2D eigenvalue weighted by Crippen LogP contribution is -2.48. The fraction of sp³-hybridized carbons (Fsp3) is 0.391. The number of hydrogen-bond donors (Lipinski definition) is 1. The number of para-hydroxylation sites is 1. The molecule has 1 fully saturated rings. The minimum atomic E-state index is 0.0585. The topological polar surface area (TPSA) is 57.7 Å². The molecule has 2 aromatic carbocycles. The highest BCUT2D eigenvalue weighted by Crippen LogP contribution is 2.34. The van der Waals surface area contributed by atoms with Gasteiger partial charge in [0.05, 0.1) is 17.1 Å². The van der Waals surface area contributed by atoms with Gasteiger partial charge in [-0.3, -0.25) is 9.69 Å². The lowest BCUT2D eigenvalue weighted by atomic mass is 10.3. The van der Waals surface area contributed by atoms with E-state index >= 15 is 0 Å². The number of carbonyl (C=O) groups is 1. The largest absolute Gasteiger partial charge is 0.492 e. The zero-order chi connectivity index (χ0) is 22.3. The number of nitrogens with zero attached hydrogens (tertiary/aromatic N) is 3. The van der Waals surface area contributed by atoms with Crippen LogP contribution in [0.4, 0.5) is 5.13 Å². The van der Waals surface area contributed by atoms with Crippen LogP contribution in [-0.2, 0) is 4.79 Å². The number of hydrogen-bond acceptors (Lipinski definition) is 7. The van der Waals surface area contributed by atoms with Gasteiger partial charge in [-0.25, -0.2) is 4.98 Å². The van der Waals surface area contributed by atoms with E-state index in [0.29, 0.717) is 23.9 Å². The number of thiazole rings is 1. The maximum atomic E-state index is 12.1. The first kappa shape index (κ1) is 23.2. The van der Waals surface area contributed by atoms with Gasteiger partial charge in [0.1, 0.15) is 11.3 Å². The minimum absolute atomic E-state index is 0.0585. The van der Waals surface area contributed by atoms with Crippen molar-refractivity contribution in [2.24, 2.45) is 0 Å². The van der Waals surface area contributed by atoms with E-state index in [0.717, 1.165) is 58.7 Å². The molecule has 0 atom stereocenters. The number of nitrogens with one attached hydrogen (secondary N) is 1. The van der Waals surface area contributed by atoms with Crippen molar-refractivity contribution in [1.82, 2.24) is 15.2 Å². The molecule has 1 aromatic heterocycles. The van der Waals surface area contributed by atoms with E-state index in [1.165, 1.54) is 11.8 Å². The first-order chi connectivity index (χ1) is 15.6. The summed E-state index contributed by atoms with van der Waals surface area (Å²) in [4.78, 5) is 22.8. The van der Waals surface area contributed by atoms with Crippen LogP contribution in [0.2, 0.25) is 5.02 Å². The second-order valence-electron chi connectivity index (χ2n) is 7.45. The van der Waals surface area contributed by atoms with Crippen molar-refractivity contribution in [3.63, 3.8) is 0 Å². The molecule has 1 saturated heterocycles. The molecule has 1 amide bonds. The summed E-state index contributed by atoms with van der Waals surface area (Å²) in [6.07, 6.45) is 0. The van der Waals surface area contributed by atoms with Crippen molar-refractivity contribution >= 4 is 56.0 Å². The van der Waals surface area contributed by atoms with Crippen molar-refractivity contribution in [2.45, 2.75) is 11.8 Å². The Morgan fingerprint density at radius 1 is 1.19 bits per heavy atom. The molecule has 1 N–H and O–H groups in total. The van der Waals surface area contributed by atoms with Crippen molar-refractivity contribution in [2.75, 3.05) is 56.5 Å². The van der Waals surface area contributed by atoms with Crippen LogP contribution in [0.15, 0.2) is 47.4 Å². The second-order valence-corrected chi connectivity index (χ2v) is 9.95. The molecule has 2 heterocycles. The molecule has 1 aliphatic heterocycles. The number of thioether (sulfide) groups is 1.